The molecule has 1 amide bonds. The van der Waals surface area contributed by atoms with E-state index in [9.17, 15) is 9.90 Å². The lowest BCUT2D eigenvalue weighted by molar-refractivity contribution is 0.0976. The highest BCUT2D eigenvalue weighted by Crippen LogP contribution is 2.42. The van der Waals surface area contributed by atoms with Crippen molar-refractivity contribution >= 4 is 29.2 Å². The minimum absolute atomic E-state index is 0.0140. The molecule has 0 bridgehead atoms. The van der Waals surface area contributed by atoms with Gasteiger partial charge in [0.1, 0.15) is 5.82 Å². The number of nitrogen functional groups attached to an aromatic ring is 1. The van der Waals surface area contributed by atoms with Gasteiger partial charge in [0.25, 0.3) is 5.91 Å². The molecule has 0 radical (unpaired) electrons. The summed E-state index contributed by atoms with van der Waals surface area (Å²) in [4.78, 5) is 28.2. The summed E-state index contributed by atoms with van der Waals surface area (Å²) >= 11 is 0. The first-order valence-electron chi connectivity index (χ1n) is 13.8. The van der Waals surface area contributed by atoms with Crippen LogP contribution in [-0.4, -0.2) is 55.5 Å². The van der Waals surface area contributed by atoms with E-state index in [1.807, 2.05) is 16.9 Å². The number of benzene rings is 2. The molecule has 4 heterocycles. The standard InChI is InChI=1S/C29H29FN8O3/c30-23-11-18(16-4-5-16)10-17-6-8-37(27(40)25(17)23)24-3-1-2-21(22(24)14-39)26-34-28(31)36-29(35-26)33-19-12-32-38(13-19)20-7-9-41-15-20/h1-3,10-13,16,20,39H,4-9,14-15H2,(H3,31,33,34,35,36)/t20-/m0/s1. The van der Waals surface area contributed by atoms with Gasteiger partial charge in [-0.15, -0.1) is 0 Å². The SMILES string of the molecule is Nc1nc(Nc2cnn([C@H]3CCOC3)c2)nc(-c2cccc(N3CCc4cc(C5CC5)cc(F)c4C3=O)c2CO)n1. The average molecular weight is 557 g/mol. The van der Waals surface area contributed by atoms with E-state index in [1.54, 1.807) is 24.4 Å². The van der Waals surface area contributed by atoms with E-state index in [0.29, 0.717) is 54.6 Å². The average Bonchev–Trinajstić information content (AvgIpc) is 3.47. The number of nitrogens with two attached hydrogens (primary N) is 1. The Balaban J connectivity index is 1.19. The summed E-state index contributed by atoms with van der Waals surface area (Å²) in [5.74, 6) is -0.107. The number of aliphatic hydroxyl groups excluding tert-OH is 1. The maximum absolute atomic E-state index is 15.2. The molecule has 41 heavy (non-hydrogen) atoms. The van der Waals surface area contributed by atoms with Crippen LogP contribution in [-0.2, 0) is 17.8 Å². The van der Waals surface area contributed by atoms with E-state index in [1.165, 1.54) is 11.0 Å². The Labute approximate surface area is 235 Å². The minimum atomic E-state index is -0.495. The number of aliphatic hydroxyl groups is 1. The number of ether oxygens (including phenoxy) is 1. The Morgan fingerprint density at radius 1 is 1.17 bits per heavy atom. The molecule has 2 aromatic carbocycles. The summed E-state index contributed by atoms with van der Waals surface area (Å²) < 4.78 is 22.5. The third-order valence-electron chi connectivity index (χ3n) is 7.94. The van der Waals surface area contributed by atoms with Crippen molar-refractivity contribution in [1.82, 2.24) is 24.7 Å². The van der Waals surface area contributed by atoms with Gasteiger partial charge in [-0.2, -0.15) is 20.1 Å². The fourth-order valence-electron chi connectivity index (χ4n) is 5.71. The van der Waals surface area contributed by atoms with E-state index in [-0.39, 0.29) is 29.3 Å². The molecule has 1 saturated heterocycles. The van der Waals surface area contributed by atoms with Gasteiger partial charge in [0.05, 0.1) is 42.4 Å². The van der Waals surface area contributed by atoms with E-state index in [4.69, 9.17) is 10.5 Å². The van der Waals surface area contributed by atoms with Gasteiger partial charge >= 0.3 is 0 Å². The molecule has 3 aliphatic rings. The number of nitrogens with zero attached hydrogens (tertiary/aromatic N) is 6. The Kier molecular flexibility index (Phi) is 6.36. The summed E-state index contributed by atoms with van der Waals surface area (Å²) in [7, 11) is 0. The van der Waals surface area contributed by atoms with Crippen LogP contribution in [0.2, 0.25) is 0 Å². The van der Waals surface area contributed by atoms with Crippen molar-refractivity contribution in [2.24, 2.45) is 0 Å². The summed E-state index contributed by atoms with van der Waals surface area (Å²) in [5, 5.41) is 18.0. The molecule has 11 nitrogen and oxygen atoms in total. The number of aromatic nitrogens is 5. The van der Waals surface area contributed by atoms with Crippen molar-refractivity contribution in [3.05, 3.63) is 70.8 Å². The number of carbonyl (C=O) groups excluding carboxylic acids is 1. The topological polar surface area (TPSA) is 144 Å². The molecule has 1 aliphatic carbocycles. The lowest BCUT2D eigenvalue weighted by atomic mass is 9.93. The number of halogens is 1. The van der Waals surface area contributed by atoms with Crippen LogP contribution in [0.15, 0.2) is 42.7 Å². The van der Waals surface area contributed by atoms with Gasteiger partial charge in [0.15, 0.2) is 5.82 Å². The number of hydrogen-bond acceptors (Lipinski definition) is 9. The second-order valence-electron chi connectivity index (χ2n) is 10.7. The van der Waals surface area contributed by atoms with Crippen molar-refractivity contribution in [3.63, 3.8) is 0 Å². The fraction of sp³-hybridized carbons (Fsp3) is 0.345. The summed E-state index contributed by atoms with van der Waals surface area (Å²) in [6, 6.07) is 8.88. The quantitative estimate of drug-likeness (QED) is 0.310. The molecule has 4 aromatic rings. The second-order valence-corrected chi connectivity index (χ2v) is 10.7. The van der Waals surface area contributed by atoms with E-state index >= 15 is 4.39 Å². The van der Waals surface area contributed by atoms with Crippen LogP contribution in [0.25, 0.3) is 11.4 Å². The van der Waals surface area contributed by atoms with Gasteiger partial charge in [-0.25, -0.2) is 4.39 Å². The predicted molar refractivity (Wildman–Crippen MR) is 149 cm³/mol. The van der Waals surface area contributed by atoms with Crippen molar-refractivity contribution in [2.45, 2.75) is 44.2 Å². The number of carbonyl (C=O) groups is 1. The zero-order valence-electron chi connectivity index (χ0n) is 22.3. The van der Waals surface area contributed by atoms with Crippen LogP contribution in [0, 0.1) is 5.82 Å². The molecule has 7 rings (SSSR count). The van der Waals surface area contributed by atoms with Crippen LogP contribution in [0.4, 0.5) is 27.7 Å². The van der Waals surface area contributed by atoms with E-state index in [2.05, 4.69) is 25.4 Å². The van der Waals surface area contributed by atoms with Crippen molar-refractivity contribution in [1.29, 1.82) is 0 Å². The van der Waals surface area contributed by atoms with Crippen LogP contribution in [0.1, 0.15) is 58.3 Å². The fourth-order valence-corrected chi connectivity index (χ4v) is 5.71. The molecule has 12 heteroatoms. The molecular weight excluding hydrogens is 527 g/mol. The monoisotopic (exact) mass is 556 g/mol. The van der Waals surface area contributed by atoms with Gasteiger partial charge in [-0.05, 0) is 54.9 Å². The third kappa shape index (κ3) is 4.78. The third-order valence-corrected chi connectivity index (χ3v) is 7.94. The van der Waals surface area contributed by atoms with Gasteiger partial charge in [-0.1, -0.05) is 18.2 Å². The highest BCUT2D eigenvalue weighted by molar-refractivity contribution is 6.09. The molecule has 2 fully saturated rings. The number of anilines is 4. The zero-order chi connectivity index (χ0) is 28.1. The first-order chi connectivity index (χ1) is 20.0. The maximum Gasteiger partial charge on any atom is 0.261 e. The molecule has 0 spiro atoms. The van der Waals surface area contributed by atoms with Crippen LogP contribution >= 0.6 is 0 Å². The first-order valence-corrected chi connectivity index (χ1v) is 13.8. The molecule has 1 saturated carbocycles. The number of hydrogen-bond donors (Lipinski definition) is 3. The summed E-state index contributed by atoms with van der Waals surface area (Å²) in [6.07, 6.45) is 7.05. The maximum atomic E-state index is 15.2. The lowest BCUT2D eigenvalue weighted by Gasteiger charge is -2.31. The van der Waals surface area contributed by atoms with E-state index in [0.717, 1.165) is 30.4 Å². The number of amides is 1. The molecular formula is C29H29FN8O3. The van der Waals surface area contributed by atoms with Gasteiger partial charge in [0.2, 0.25) is 11.9 Å². The number of rotatable bonds is 7. The lowest BCUT2D eigenvalue weighted by Crippen LogP contribution is -2.39. The largest absolute Gasteiger partial charge is 0.392 e. The minimum Gasteiger partial charge on any atom is -0.392 e. The van der Waals surface area contributed by atoms with Crippen LogP contribution < -0.4 is 16.0 Å². The van der Waals surface area contributed by atoms with Crippen LogP contribution in [0.5, 0.6) is 0 Å². The second kappa shape index (κ2) is 10.2. The highest BCUT2D eigenvalue weighted by atomic mass is 19.1. The number of nitrogens with one attached hydrogen (secondary N) is 1. The molecule has 2 aromatic heterocycles. The highest BCUT2D eigenvalue weighted by Gasteiger charge is 2.33. The van der Waals surface area contributed by atoms with Crippen LogP contribution in [0.3, 0.4) is 0 Å². The Hall–Kier alpha value is -4.42. The first kappa shape index (κ1) is 25.5. The van der Waals surface area contributed by atoms with Gasteiger partial charge < -0.3 is 25.8 Å². The Morgan fingerprint density at radius 2 is 2.05 bits per heavy atom. The summed E-state index contributed by atoms with van der Waals surface area (Å²) in [6.45, 7) is 1.29. The van der Waals surface area contributed by atoms with Gasteiger partial charge in [-0.3, -0.25) is 9.48 Å². The molecule has 4 N–H and O–H groups in total. The van der Waals surface area contributed by atoms with Crippen molar-refractivity contribution < 1.29 is 19.0 Å². The zero-order valence-corrected chi connectivity index (χ0v) is 22.3. The number of fused-ring (bicyclic) bond motifs is 1. The molecule has 1 atom stereocenters. The molecule has 210 valence electrons. The Bertz CT molecular complexity index is 1650. The van der Waals surface area contributed by atoms with Crippen molar-refractivity contribution in [3.8, 4) is 11.4 Å². The van der Waals surface area contributed by atoms with Gasteiger partial charge in [0, 0.05) is 30.5 Å². The summed E-state index contributed by atoms with van der Waals surface area (Å²) in [5.41, 5.74) is 9.92. The molecule has 2 aliphatic heterocycles. The molecule has 0 unspecified atom stereocenters. The Morgan fingerprint density at radius 3 is 2.83 bits per heavy atom. The normalized spacial score (nSPS) is 18.5. The van der Waals surface area contributed by atoms with E-state index < -0.39 is 18.3 Å². The predicted octanol–water partition coefficient (Wildman–Crippen LogP) is 3.73. The van der Waals surface area contributed by atoms with Crippen molar-refractivity contribution in [2.75, 3.05) is 35.7 Å². The smallest absolute Gasteiger partial charge is 0.261 e.